The number of carbonyl (C=O) groups is 1. The van der Waals surface area contributed by atoms with Gasteiger partial charge in [-0.15, -0.1) is 0 Å². The molecule has 2 unspecified atom stereocenters. The molecule has 5 heteroatoms. The van der Waals surface area contributed by atoms with Gasteiger partial charge in [0.2, 0.25) is 5.91 Å². The van der Waals surface area contributed by atoms with Crippen molar-refractivity contribution in [2.75, 3.05) is 32.7 Å². The van der Waals surface area contributed by atoms with E-state index in [1.54, 1.807) is 0 Å². The maximum Gasteiger partial charge on any atom is 0.226 e. The molecular weight excluding hydrogens is 312 g/mol. The molecule has 1 saturated carbocycles. The summed E-state index contributed by atoms with van der Waals surface area (Å²) in [6.07, 6.45) is 6.01. The van der Waals surface area contributed by atoms with E-state index in [9.17, 15) is 4.79 Å². The summed E-state index contributed by atoms with van der Waals surface area (Å²) in [5.74, 6) is 0.911. The van der Waals surface area contributed by atoms with E-state index in [1.165, 1.54) is 11.1 Å². The zero-order valence-electron chi connectivity index (χ0n) is 14.8. The first-order valence-corrected chi connectivity index (χ1v) is 9.24. The number of carbonyl (C=O) groups excluding carboxylic acids is 1. The second kappa shape index (κ2) is 7.00. The van der Waals surface area contributed by atoms with E-state index >= 15 is 0 Å². The van der Waals surface area contributed by atoms with Gasteiger partial charge in [-0.25, -0.2) is 0 Å². The highest BCUT2D eigenvalue weighted by Gasteiger charge is 2.46. The van der Waals surface area contributed by atoms with Crippen LogP contribution in [0, 0.1) is 5.92 Å². The smallest absolute Gasteiger partial charge is 0.226 e. The Morgan fingerprint density at radius 3 is 2.60 bits per heavy atom. The molecule has 132 valence electrons. The summed E-state index contributed by atoms with van der Waals surface area (Å²) in [5, 5.41) is 4.22. The molecular formula is C20H26N4O. The van der Waals surface area contributed by atoms with Crippen molar-refractivity contribution in [3.63, 3.8) is 0 Å². The molecule has 1 aliphatic carbocycles. The summed E-state index contributed by atoms with van der Waals surface area (Å²) in [4.78, 5) is 17.3. The third kappa shape index (κ3) is 3.76. The number of hydrogen-bond donors (Lipinski definition) is 0. The molecule has 2 heterocycles. The highest BCUT2D eigenvalue weighted by Crippen LogP contribution is 2.48. The predicted molar refractivity (Wildman–Crippen MR) is 97.2 cm³/mol. The number of rotatable bonds is 5. The predicted octanol–water partition coefficient (Wildman–Crippen LogP) is 1.91. The van der Waals surface area contributed by atoms with Gasteiger partial charge in [-0.3, -0.25) is 14.4 Å². The quantitative estimate of drug-likeness (QED) is 0.836. The van der Waals surface area contributed by atoms with E-state index in [4.69, 9.17) is 0 Å². The van der Waals surface area contributed by atoms with Gasteiger partial charge in [-0.2, -0.15) is 5.10 Å². The van der Waals surface area contributed by atoms with Gasteiger partial charge >= 0.3 is 0 Å². The van der Waals surface area contributed by atoms with Gasteiger partial charge in [0.05, 0.1) is 6.20 Å². The SMILES string of the molecule is Cn1cc(C2CC2C(=O)N2CCN(CCc3ccccc3)CC2)cn1. The Morgan fingerprint density at radius 2 is 1.92 bits per heavy atom. The normalized spacial score (nSPS) is 23.6. The van der Waals surface area contributed by atoms with Gasteiger partial charge in [-0.05, 0) is 29.9 Å². The van der Waals surface area contributed by atoms with Crippen molar-refractivity contribution >= 4 is 5.91 Å². The molecule has 2 fully saturated rings. The third-order valence-corrected chi connectivity index (χ3v) is 5.50. The standard InChI is InChI=1S/C20H26N4O/c1-22-15-17(14-21-22)18-13-19(18)20(25)24-11-9-23(10-12-24)8-7-16-5-3-2-4-6-16/h2-6,14-15,18-19H,7-13H2,1H3. The fraction of sp³-hybridized carbons (Fsp3) is 0.500. The molecule has 2 aliphatic rings. The number of hydrogen-bond acceptors (Lipinski definition) is 3. The molecule has 1 aromatic heterocycles. The molecule has 1 amide bonds. The monoisotopic (exact) mass is 338 g/mol. The maximum atomic E-state index is 12.7. The van der Waals surface area contributed by atoms with Crippen molar-refractivity contribution in [1.29, 1.82) is 0 Å². The Morgan fingerprint density at radius 1 is 1.16 bits per heavy atom. The lowest BCUT2D eigenvalue weighted by Crippen LogP contribution is -2.49. The molecule has 25 heavy (non-hydrogen) atoms. The first kappa shape index (κ1) is 16.3. The molecule has 0 radical (unpaired) electrons. The number of nitrogens with zero attached hydrogens (tertiary/aromatic N) is 4. The topological polar surface area (TPSA) is 41.4 Å². The summed E-state index contributed by atoms with van der Waals surface area (Å²) >= 11 is 0. The van der Waals surface area contributed by atoms with Gasteiger partial charge in [0.25, 0.3) is 0 Å². The van der Waals surface area contributed by atoms with Gasteiger partial charge < -0.3 is 4.90 Å². The first-order valence-electron chi connectivity index (χ1n) is 9.24. The fourth-order valence-electron chi connectivity index (χ4n) is 3.83. The maximum absolute atomic E-state index is 12.7. The van der Waals surface area contributed by atoms with Crippen LogP contribution in [-0.4, -0.2) is 58.2 Å². The zero-order chi connectivity index (χ0) is 17.2. The first-order chi connectivity index (χ1) is 12.2. The number of benzene rings is 1. The van der Waals surface area contributed by atoms with Gasteiger partial charge in [0.1, 0.15) is 0 Å². The van der Waals surface area contributed by atoms with E-state index in [0.29, 0.717) is 11.8 Å². The van der Waals surface area contributed by atoms with E-state index in [-0.39, 0.29) is 5.92 Å². The van der Waals surface area contributed by atoms with Crippen molar-refractivity contribution in [2.45, 2.75) is 18.8 Å². The number of amides is 1. The fourth-order valence-corrected chi connectivity index (χ4v) is 3.83. The molecule has 1 aliphatic heterocycles. The molecule has 2 atom stereocenters. The van der Waals surface area contributed by atoms with Crippen LogP contribution in [0.3, 0.4) is 0 Å². The Kier molecular flexibility index (Phi) is 4.57. The second-order valence-corrected chi connectivity index (χ2v) is 7.30. The van der Waals surface area contributed by atoms with Crippen LogP contribution in [0.1, 0.15) is 23.5 Å². The lowest BCUT2D eigenvalue weighted by atomic mass is 10.1. The average molecular weight is 338 g/mol. The molecule has 2 aromatic rings. The lowest BCUT2D eigenvalue weighted by molar-refractivity contribution is -0.134. The van der Waals surface area contributed by atoms with Gasteiger partial charge in [0.15, 0.2) is 0 Å². The third-order valence-electron chi connectivity index (χ3n) is 5.50. The van der Waals surface area contributed by atoms with Crippen LogP contribution in [-0.2, 0) is 18.3 Å². The summed E-state index contributed by atoms with van der Waals surface area (Å²) in [6, 6.07) is 10.6. The largest absolute Gasteiger partial charge is 0.340 e. The molecule has 0 N–H and O–H groups in total. The number of aromatic nitrogens is 2. The molecule has 1 aromatic carbocycles. The van der Waals surface area contributed by atoms with Crippen molar-refractivity contribution < 1.29 is 4.79 Å². The minimum atomic E-state index is 0.181. The molecule has 1 saturated heterocycles. The van der Waals surface area contributed by atoms with Crippen molar-refractivity contribution in [3.8, 4) is 0 Å². The number of piperazine rings is 1. The van der Waals surface area contributed by atoms with E-state index < -0.39 is 0 Å². The highest BCUT2D eigenvalue weighted by molar-refractivity contribution is 5.83. The minimum Gasteiger partial charge on any atom is -0.340 e. The van der Waals surface area contributed by atoms with Gasteiger partial charge in [-0.1, -0.05) is 30.3 Å². The van der Waals surface area contributed by atoms with Crippen LogP contribution < -0.4 is 0 Å². The van der Waals surface area contributed by atoms with E-state index in [1.807, 2.05) is 24.1 Å². The highest BCUT2D eigenvalue weighted by atomic mass is 16.2. The Bertz CT molecular complexity index is 718. The van der Waals surface area contributed by atoms with Crippen LogP contribution >= 0.6 is 0 Å². The van der Waals surface area contributed by atoms with Crippen molar-refractivity contribution in [1.82, 2.24) is 19.6 Å². The minimum absolute atomic E-state index is 0.181. The summed E-state index contributed by atoms with van der Waals surface area (Å²) in [5.41, 5.74) is 2.60. The molecule has 5 nitrogen and oxygen atoms in total. The molecule has 0 spiro atoms. The summed E-state index contributed by atoms with van der Waals surface area (Å²) in [7, 11) is 1.93. The van der Waals surface area contributed by atoms with Crippen molar-refractivity contribution in [2.24, 2.45) is 13.0 Å². The van der Waals surface area contributed by atoms with E-state index in [2.05, 4.69) is 45.2 Å². The molecule has 0 bridgehead atoms. The van der Waals surface area contributed by atoms with E-state index in [0.717, 1.165) is 45.6 Å². The number of aryl methyl sites for hydroxylation is 1. The zero-order valence-corrected chi connectivity index (χ0v) is 14.8. The van der Waals surface area contributed by atoms with Crippen LogP contribution in [0.4, 0.5) is 0 Å². The lowest BCUT2D eigenvalue weighted by Gasteiger charge is -2.35. The van der Waals surface area contributed by atoms with Crippen LogP contribution in [0.5, 0.6) is 0 Å². The Balaban J connectivity index is 1.23. The van der Waals surface area contributed by atoms with Crippen LogP contribution in [0.2, 0.25) is 0 Å². The Labute approximate surface area is 149 Å². The second-order valence-electron chi connectivity index (χ2n) is 7.30. The summed E-state index contributed by atoms with van der Waals surface area (Å²) < 4.78 is 1.82. The average Bonchev–Trinajstić information content (AvgIpc) is 3.34. The Hall–Kier alpha value is -2.14. The van der Waals surface area contributed by atoms with Crippen LogP contribution in [0.15, 0.2) is 42.7 Å². The molecule has 4 rings (SSSR count). The van der Waals surface area contributed by atoms with Gasteiger partial charge in [0, 0.05) is 51.9 Å². The summed E-state index contributed by atoms with van der Waals surface area (Å²) in [6.45, 7) is 4.78. The van der Waals surface area contributed by atoms with Crippen LogP contribution in [0.25, 0.3) is 0 Å². The van der Waals surface area contributed by atoms with Crippen molar-refractivity contribution in [3.05, 3.63) is 53.9 Å².